The Labute approximate surface area is 137 Å². The second-order valence-corrected chi connectivity index (χ2v) is 7.01. The molecule has 0 saturated carbocycles. The average molecular weight is 384 g/mol. The van der Waals surface area contributed by atoms with Crippen molar-refractivity contribution in [2.24, 2.45) is 0 Å². The molecule has 0 fully saturated rings. The minimum absolute atomic E-state index is 0.0412. The van der Waals surface area contributed by atoms with Gasteiger partial charge in [-0.2, -0.15) is 0 Å². The molecule has 2 N–H and O–H groups in total. The van der Waals surface area contributed by atoms with Crippen molar-refractivity contribution in [3.05, 3.63) is 59.7 Å². The molecule has 0 bridgehead atoms. The van der Waals surface area contributed by atoms with Crippen LogP contribution in [-0.4, -0.2) is 24.8 Å². The monoisotopic (exact) mass is 383 g/mol. The van der Waals surface area contributed by atoms with Crippen molar-refractivity contribution in [3.63, 3.8) is 0 Å². The number of anilines is 1. The fourth-order valence-corrected chi connectivity index (χ4v) is 3.44. The molecule has 116 valence electrons. The van der Waals surface area contributed by atoms with Crippen molar-refractivity contribution in [1.29, 1.82) is 0 Å². The molecule has 0 aliphatic heterocycles. The van der Waals surface area contributed by atoms with E-state index in [0.717, 1.165) is 17.3 Å². The molecule has 0 atom stereocenters. The Morgan fingerprint density at radius 1 is 1.09 bits per heavy atom. The summed E-state index contributed by atoms with van der Waals surface area (Å²) >= 11 is 3.32. The number of hydrogen-bond donors (Lipinski definition) is 2. The Hall–Kier alpha value is -1.86. The number of para-hydroxylation sites is 1. The van der Waals surface area contributed by atoms with Crippen molar-refractivity contribution in [2.75, 3.05) is 10.1 Å². The van der Waals surface area contributed by atoms with Gasteiger partial charge in [-0.15, -0.1) is 0 Å². The van der Waals surface area contributed by atoms with Gasteiger partial charge in [0, 0.05) is 5.33 Å². The summed E-state index contributed by atoms with van der Waals surface area (Å²) in [6.45, 7) is 0. The zero-order valence-corrected chi connectivity index (χ0v) is 13.9. The van der Waals surface area contributed by atoms with E-state index in [1.54, 1.807) is 18.2 Å². The van der Waals surface area contributed by atoms with Crippen molar-refractivity contribution in [2.45, 2.75) is 11.3 Å². The van der Waals surface area contributed by atoms with Gasteiger partial charge in [0.1, 0.15) is 0 Å². The van der Waals surface area contributed by atoms with Crippen molar-refractivity contribution in [1.82, 2.24) is 0 Å². The van der Waals surface area contributed by atoms with Crippen LogP contribution in [0, 0.1) is 0 Å². The number of halogens is 1. The Bertz CT molecular complexity index is 772. The lowest BCUT2D eigenvalue weighted by Gasteiger charge is -2.10. The third-order valence-corrected chi connectivity index (χ3v) is 4.80. The van der Waals surface area contributed by atoms with Crippen LogP contribution in [0.15, 0.2) is 53.4 Å². The average Bonchev–Trinajstić information content (AvgIpc) is 2.48. The van der Waals surface area contributed by atoms with E-state index in [0.29, 0.717) is 0 Å². The van der Waals surface area contributed by atoms with E-state index in [4.69, 9.17) is 5.11 Å². The van der Waals surface area contributed by atoms with Crippen LogP contribution < -0.4 is 4.72 Å². The highest BCUT2D eigenvalue weighted by atomic mass is 79.9. The van der Waals surface area contributed by atoms with Crippen LogP contribution in [0.4, 0.5) is 5.69 Å². The summed E-state index contributed by atoms with van der Waals surface area (Å²) in [5.41, 5.74) is 0.961. The molecule has 0 aromatic heterocycles. The van der Waals surface area contributed by atoms with Crippen LogP contribution in [0.5, 0.6) is 0 Å². The number of carboxylic acid groups (broad SMARTS) is 1. The maximum atomic E-state index is 12.3. The standard InChI is InChI=1S/C15H14BrNO4S/c16-10-9-11-5-7-12(8-6-11)22(20,21)17-14-4-2-1-3-13(14)15(18)19/h1-8,17H,9-10H2,(H,18,19). The van der Waals surface area contributed by atoms with Gasteiger partial charge >= 0.3 is 5.97 Å². The Balaban J connectivity index is 2.30. The molecule has 0 spiro atoms. The lowest BCUT2D eigenvalue weighted by atomic mass is 10.2. The van der Waals surface area contributed by atoms with E-state index in [-0.39, 0.29) is 16.1 Å². The van der Waals surface area contributed by atoms with E-state index in [1.165, 1.54) is 30.3 Å². The summed E-state index contributed by atoms with van der Waals surface area (Å²) in [6.07, 6.45) is 0.801. The number of carbonyl (C=O) groups is 1. The number of alkyl halides is 1. The lowest BCUT2D eigenvalue weighted by Crippen LogP contribution is -2.15. The summed E-state index contributed by atoms with van der Waals surface area (Å²) < 4.78 is 27.0. The van der Waals surface area contributed by atoms with Gasteiger partial charge in [0.15, 0.2) is 0 Å². The Morgan fingerprint density at radius 2 is 1.73 bits per heavy atom. The zero-order valence-electron chi connectivity index (χ0n) is 11.5. The number of carboxylic acids is 1. The van der Waals surface area contributed by atoms with Crippen LogP contribution >= 0.6 is 15.9 Å². The van der Waals surface area contributed by atoms with Gasteiger partial charge in [0.25, 0.3) is 10.0 Å². The first-order valence-electron chi connectivity index (χ1n) is 6.44. The van der Waals surface area contributed by atoms with Gasteiger partial charge in [-0.3, -0.25) is 4.72 Å². The Kier molecular flexibility index (Phi) is 5.20. The third kappa shape index (κ3) is 3.86. The molecule has 2 aromatic rings. The van der Waals surface area contributed by atoms with Crippen LogP contribution in [0.1, 0.15) is 15.9 Å². The maximum Gasteiger partial charge on any atom is 0.337 e. The fourth-order valence-electron chi connectivity index (χ4n) is 1.91. The highest BCUT2D eigenvalue weighted by molar-refractivity contribution is 9.09. The molecule has 0 saturated heterocycles. The van der Waals surface area contributed by atoms with Crippen LogP contribution in [-0.2, 0) is 16.4 Å². The van der Waals surface area contributed by atoms with E-state index in [1.807, 2.05) is 0 Å². The molecule has 22 heavy (non-hydrogen) atoms. The number of aromatic carboxylic acids is 1. The zero-order chi connectivity index (χ0) is 16.2. The quantitative estimate of drug-likeness (QED) is 0.750. The summed E-state index contributed by atoms with van der Waals surface area (Å²) in [5, 5.41) is 9.88. The summed E-state index contributed by atoms with van der Waals surface area (Å²) in [4.78, 5) is 11.2. The highest BCUT2D eigenvalue weighted by Gasteiger charge is 2.18. The maximum absolute atomic E-state index is 12.3. The molecular weight excluding hydrogens is 370 g/mol. The van der Waals surface area contributed by atoms with Crippen LogP contribution in [0.3, 0.4) is 0 Å². The summed E-state index contributed by atoms with van der Waals surface area (Å²) in [7, 11) is -3.83. The van der Waals surface area contributed by atoms with E-state index < -0.39 is 16.0 Å². The van der Waals surface area contributed by atoms with Crippen molar-refractivity contribution in [3.8, 4) is 0 Å². The lowest BCUT2D eigenvalue weighted by molar-refractivity contribution is 0.0698. The molecule has 7 heteroatoms. The topological polar surface area (TPSA) is 83.5 Å². The van der Waals surface area contributed by atoms with Crippen molar-refractivity contribution >= 4 is 37.6 Å². The first kappa shape index (κ1) is 16.5. The second kappa shape index (κ2) is 6.93. The van der Waals surface area contributed by atoms with Gasteiger partial charge in [-0.05, 0) is 36.2 Å². The summed E-state index contributed by atoms with van der Waals surface area (Å²) in [5.74, 6) is -1.19. The number of aryl methyl sites for hydroxylation is 1. The van der Waals surface area contributed by atoms with Crippen molar-refractivity contribution < 1.29 is 18.3 Å². The predicted molar refractivity (Wildman–Crippen MR) is 88.1 cm³/mol. The smallest absolute Gasteiger partial charge is 0.337 e. The van der Waals surface area contributed by atoms with E-state index in [9.17, 15) is 13.2 Å². The molecule has 0 radical (unpaired) electrons. The number of nitrogens with one attached hydrogen (secondary N) is 1. The first-order valence-corrected chi connectivity index (χ1v) is 9.04. The Morgan fingerprint density at radius 3 is 2.32 bits per heavy atom. The number of sulfonamides is 1. The number of rotatable bonds is 6. The molecule has 2 aromatic carbocycles. The van der Waals surface area contributed by atoms with Gasteiger partial charge < -0.3 is 5.11 Å². The largest absolute Gasteiger partial charge is 0.478 e. The minimum Gasteiger partial charge on any atom is -0.478 e. The second-order valence-electron chi connectivity index (χ2n) is 4.54. The third-order valence-electron chi connectivity index (χ3n) is 3.02. The molecule has 0 amide bonds. The minimum atomic E-state index is -3.83. The van der Waals surface area contributed by atoms with Gasteiger partial charge in [-0.1, -0.05) is 40.2 Å². The highest BCUT2D eigenvalue weighted by Crippen LogP contribution is 2.20. The van der Waals surface area contributed by atoms with Crippen LogP contribution in [0.2, 0.25) is 0 Å². The molecule has 0 aliphatic rings. The molecule has 2 rings (SSSR count). The predicted octanol–water partition coefficient (Wildman–Crippen LogP) is 3.12. The fraction of sp³-hybridized carbons (Fsp3) is 0.133. The molecule has 0 unspecified atom stereocenters. The van der Waals surface area contributed by atoms with Crippen LogP contribution in [0.25, 0.3) is 0 Å². The molecule has 0 aliphatic carbocycles. The molecule has 5 nitrogen and oxygen atoms in total. The van der Waals surface area contributed by atoms with Gasteiger partial charge in [-0.25, -0.2) is 13.2 Å². The van der Waals surface area contributed by atoms with E-state index >= 15 is 0 Å². The number of benzene rings is 2. The molecular formula is C15H14BrNO4S. The number of hydrogen-bond acceptors (Lipinski definition) is 3. The first-order chi connectivity index (χ1) is 10.4. The SMILES string of the molecule is O=C(O)c1ccccc1NS(=O)(=O)c1ccc(CCBr)cc1. The normalized spacial score (nSPS) is 11.1. The van der Waals surface area contributed by atoms with Gasteiger partial charge in [0.2, 0.25) is 0 Å². The van der Waals surface area contributed by atoms with Gasteiger partial charge in [0.05, 0.1) is 16.1 Å². The van der Waals surface area contributed by atoms with E-state index in [2.05, 4.69) is 20.7 Å². The molecule has 0 heterocycles. The summed E-state index contributed by atoms with van der Waals surface area (Å²) in [6, 6.07) is 12.4.